The minimum atomic E-state index is -3.96. The van der Waals surface area contributed by atoms with E-state index in [-0.39, 0.29) is 40.1 Å². The number of aliphatic hydroxyl groups excluding tert-OH is 1. The summed E-state index contributed by atoms with van der Waals surface area (Å²) in [7, 11) is -3.96. The molecular formula is C24H31FN4O5S. The Hall–Kier alpha value is -2.76. The number of ether oxygens (including phenoxy) is 1. The summed E-state index contributed by atoms with van der Waals surface area (Å²) in [6.07, 6.45) is 1.67. The highest BCUT2D eigenvalue weighted by atomic mass is 32.2. The van der Waals surface area contributed by atoms with Gasteiger partial charge in [-0.3, -0.25) is 4.79 Å². The number of rotatable bonds is 5. The number of piperidine rings is 1. The molecule has 0 saturated carbocycles. The largest absolute Gasteiger partial charge is 0.504 e. The van der Waals surface area contributed by atoms with Gasteiger partial charge in [-0.15, -0.1) is 0 Å². The van der Waals surface area contributed by atoms with Gasteiger partial charge in [-0.05, 0) is 50.3 Å². The maximum Gasteiger partial charge on any atom is 0.274 e. The van der Waals surface area contributed by atoms with E-state index in [0.717, 1.165) is 25.0 Å². The van der Waals surface area contributed by atoms with E-state index in [1.807, 2.05) is 6.92 Å². The molecule has 2 fully saturated rings. The van der Waals surface area contributed by atoms with Gasteiger partial charge in [0.15, 0.2) is 11.5 Å². The maximum atomic E-state index is 14.1. The van der Waals surface area contributed by atoms with Crippen molar-refractivity contribution in [2.75, 3.05) is 26.2 Å². The summed E-state index contributed by atoms with van der Waals surface area (Å²) in [5.74, 6) is -1.11. The first-order chi connectivity index (χ1) is 16.4. The molecule has 1 aromatic rings. The van der Waals surface area contributed by atoms with E-state index >= 15 is 0 Å². The third kappa shape index (κ3) is 4.85. The molecule has 1 aromatic carbocycles. The maximum absolute atomic E-state index is 14.1. The Bertz CT molecular complexity index is 1220. The zero-order chi connectivity index (χ0) is 25.5. The van der Waals surface area contributed by atoms with E-state index in [0.29, 0.717) is 32.1 Å². The fourth-order valence-electron chi connectivity index (χ4n) is 4.60. The first-order valence-electron chi connectivity index (χ1n) is 11.6. The minimum Gasteiger partial charge on any atom is -0.504 e. The van der Waals surface area contributed by atoms with Crippen LogP contribution in [0.3, 0.4) is 0 Å². The predicted molar refractivity (Wildman–Crippen MR) is 128 cm³/mol. The number of aliphatic hydroxyl groups is 1. The lowest BCUT2D eigenvalue weighted by atomic mass is 10.0. The van der Waals surface area contributed by atoms with Crippen molar-refractivity contribution in [1.82, 2.24) is 14.5 Å². The second-order valence-electron chi connectivity index (χ2n) is 9.63. The highest BCUT2D eigenvalue weighted by molar-refractivity contribution is 7.89. The number of hydrogen-bond acceptors (Lipinski definition) is 7. The van der Waals surface area contributed by atoms with E-state index in [1.54, 1.807) is 18.7 Å². The van der Waals surface area contributed by atoms with Crippen molar-refractivity contribution in [3.63, 3.8) is 0 Å². The van der Waals surface area contributed by atoms with Crippen molar-refractivity contribution >= 4 is 21.8 Å². The number of aliphatic imine (C=N–C) groups is 1. The number of sulfonamides is 1. The first kappa shape index (κ1) is 25.3. The summed E-state index contributed by atoms with van der Waals surface area (Å²) in [4.78, 5) is 18.9. The van der Waals surface area contributed by atoms with E-state index in [9.17, 15) is 22.7 Å². The molecular weight excluding hydrogens is 475 g/mol. The van der Waals surface area contributed by atoms with Crippen molar-refractivity contribution in [1.29, 1.82) is 0 Å². The van der Waals surface area contributed by atoms with Crippen LogP contribution in [0.2, 0.25) is 0 Å². The lowest BCUT2D eigenvalue weighted by molar-refractivity contribution is -0.118. The minimum absolute atomic E-state index is 0.183. The van der Waals surface area contributed by atoms with Crippen LogP contribution in [-0.2, 0) is 26.1 Å². The Kier molecular flexibility index (Phi) is 6.78. The van der Waals surface area contributed by atoms with Gasteiger partial charge in [0, 0.05) is 26.2 Å². The van der Waals surface area contributed by atoms with E-state index in [2.05, 4.69) is 16.9 Å². The number of hydrogen-bond donors (Lipinski definition) is 2. The van der Waals surface area contributed by atoms with Crippen LogP contribution in [0, 0.1) is 11.7 Å². The molecule has 0 radical (unpaired) electrons. The number of morpholine rings is 1. The number of halogens is 1. The van der Waals surface area contributed by atoms with Crippen LogP contribution in [0.15, 0.2) is 51.8 Å². The lowest BCUT2D eigenvalue weighted by Crippen LogP contribution is -2.54. The molecule has 0 unspecified atom stereocenters. The molecule has 3 aliphatic rings. The van der Waals surface area contributed by atoms with E-state index in [4.69, 9.17) is 4.74 Å². The van der Waals surface area contributed by atoms with Gasteiger partial charge >= 0.3 is 0 Å². The summed E-state index contributed by atoms with van der Waals surface area (Å²) in [5.41, 5.74) is -0.558. The van der Waals surface area contributed by atoms with Crippen LogP contribution in [0.5, 0.6) is 0 Å². The molecule has 35 heavy (non-hydrogen) atoms. The van der Waals surface area contributed by atoms with Crippen molar-refractivity contribution in [3.8, 4) is 0 Å². The quantitative estimate of drug-likeness (QED) is 0.635. The highest BCUT2D eigenvalue weighted by Crippen LogP contribution is 2.31. The predicted octanol–water partition coefficient (Wildman–Crippen LogP) is 2.67. The third-order valence-corrected chi connectivity index (χ3v) is 8.48. The fourth-order valence-corrected chi connectivity index (χ4v) is 6.44. The van der Waals surface area contributed by atoms with E-state index in [1.165, 1.54) is 10.4 Å². The Morgan fingerprint density at radius 3 is 2.83 bits per heavy atom. The molecule has 190 valence electrons. The van der Waals surface area contributed by atoms with Crippen molar-refractivity contribution in [2.24, 2.45) is 10.9 Å². The zero-order valence-electron chi connectivity index (χ0n) is 20.2. The summed E-state index contributed by atoms with van der Waals surface area (Å²) in [5, 5.41) is 13.2. The van der Waals surface area contributed by atoms with Crippen LogP contribution in [0.25, 0.3) is 0 Å². The number of amides is 1. The molecule has 0 aromatic heterocycles. The van der Waals surface area contributed by atoms with Gasteiger partial charge in [0.1, 0.15) is 17.3 Å². The molecule has 1 atom stereocenters. The normalized spacial score (nSPS) is 23.1. The number of fused-ring (bicyclic) bond motifs is 1. The molecule has 3 heterocycles. The van der Waals surface area contributed by atoms with Crippen molar-refractivity contribution in [3.05, 3.63) is 53.3 Å². The molecule has 11 heteroatoms. The Balaban J connectivity index is 1.59. The molecule has 9 nitrogen and oxygen atoms in total. The van der Waals surface area contributed by atoms with Crippen LogP contribution in [-0.4, -0.2) is 66.3 Å². The molecule has 0 aliphatic carbocycles. The number of nitrogens with zero attached hydrogens (tertiary/aromatic N) is 3. The summed E-state index contributed by atoms with van der Waals surface area (Å²) < 4.78 is 47.8. The Labute approximate surface area is 205 Å². The fraction of sp³-hybridized carbons (Fsp3) is 0.500. The van der Waals surface area contributed by atoms with Gasteiger partial charge in [0.05, 0.1) is 17.2 Å². The average molecular weight is 507 g/mol. The lowest BCUT2D eigenvalue weighted by Gasteiger charge is -2.43. The number of carbonyl (C=O) groups is 1. The second kappa shape index (κ2) is 9.36. The van der Waals surface area contributed by atoms with Gasteiger partial charge in [-0.2, -0.15) is 4.31 Å². The zero-order valence-corrected chi connectivity index (χ0v) is 21.0. The number of benzene rings is 1. The highest BCUT2D eigenvalue weighted by Gasteiger charge is 2.41. The second-order valence-corrected chi connectivity index (χ2v) is 11.5. The monoisotopic (exact) mass is 506 g/mol. The molecule has 2 saturated heterocycles. The molecule has 0 spiro atoms. The standard InChI is InChI=1S/C24H31FN4O5S/c1-15-6-5-9-28(14-15)35(32,33)19-12-18(25)8-7-17(19)13-26-22(31)20-21(30)16(2)29-10-11-34-24(3,4)23(29)27-20/h7-8,12,15,30H,2,5-6,9-11,13-14H2,1,3-4H3,(H,26,31)/t15-/m0/s1. The Morgan fingerprint density at radius 1 is 1.37 bits per heavy atom. The van der Waals surface area contributed by atoms with Crippen LogP contribution >= 0.6 is 0 Å². The van der Waals surface area contributed by atoms with Gasteiger partial charge < -0.3 is 20.1 Å². The smallest absolute Gasteiger partial charge is 0.274 e. The molecule has 1 amide bonds. The molecule has 3 aliphatic heterocycles. The van der Waals surface area contributed by atoms with Gasteiger partial charge in [0.2, 0.25) is 10.0 Å². The van der Waals surface area contributed by atoms with E-state index < -0.39 is 27.3 Å². The summed E-state index contributed by atoms with van der Waals surface area (Å²) in [6, 6.07) is 3.48. The van der Waals surface area contributed by atoms with Crippen LogP contribution in [0.4, 0.5) is 4.39 Å². The molecule has 4 rings (SSSR count). The SMILES string of the molecule is C=C1C(O)=C(C(=O)NCc2ccc(F)cc2S(=O)(=O)N2CCC[C@H](C)C2)N=C2N1CCOC2(C)C. The Morgan fingerprint density at radius 2 is 2.11 bits per heavy atom. The topological polar surface area (TPSA) is 112 Å². The summed E-state index contributed by atoms with van der Waals surface area (Å²) >= 11 is 0. The summed E-state index contributed by atoms with van der Waals surface area (Å²) in [6.45, 7) is 10.9. The molecule has 0 bridgehead atoms. The third-order valence-electron chi connectivity index (χ3n) is 6.53. The molecule has 2 N–H and O–H groups in total. The van der Waals surface area contributed by atoms with Gasteiger partial charge in [0.25, 0.3) is 5.91 Å². The van der Waals surface area contributed by atoms with Crippen molar-refractivity contribution < 1.29 is 27.4 Å². The number of amidine groups is 1. The number of carbonyl (C=O) groups excluding carboxylic acids is 1. The van der Waals surface area contributed by atoms with Crippen molar-refractivity contribution in [2.45, 2.75) is 50.7 Å². The first-order valence-corrected chi connectivity index (χ1v) is 13.1. The van der Waals surface area contributed by atoms with Crippen LogP contribution < -0.4 is 5.32 Å². The van der Waals surface area contributed by atoms with Gasteiger partial charge in [-0.1, -0.05) is 19.6 Å². The number of nitrogens with one attached hydrogen (secondary N) is 1. The van der Waals surface area contributed by atoms with Crippen LogP contribution in [0.1, 0.15) is 39.2 Å². The average Bonchev–Trinajstić information content (AvgIpc) is 2.80. The van der Waals surface area contributed by atoms with Gasteiger partial charge in [-0.25, -0.2) is 17.8 Å².